The maximum absolute atomic E-state index is 11.4. The van der Waals surface area contributed by atoms with Gasteiger partial charge in [-0.25, -0.2) is 9.59 Å². The second-order valence-corrected chi connectivity index (χ2v) is 4.45. The van der Waals surface area contributed by atoms with Crippen LogP contribution >= 0.6 is 0 Å². The lowest BCUT2D eigenvalue weighted by molar-refractivity contribution is -0.0267. The number of rotatable bonds is 8. The average molecular weight is 291 g/mol. The van der Waals surface area contributed by atoms with Gasteiger partial charge in [-0.2, -0.15) is 0 Å². The first-order chi connectivity index (χ1) is 9.42. The SMILES string of the molecule is CCC(C)OC(=O)OCC(CN(C)CC)OC(=O)OC. The number of methoxy groups -OCH3 is 1. The zero-order chi connectivity index (χ0) is 15.5. The third-order valence-electron chi connectivity index (χ3n) is 2.74. The topological polar surface area (TPSA) is 74.3 Å². The molecule has 20 heavy (non-hydrogen) atoms. The molecule has 2 atom stereocenters. The number of carbonyl (C=O) groups is 2. The zero-order valence-corrected chi connectivity index (χ0v) is 12.9. The Kier molecular flexibility index (Phi) is 9.53. The van der Waals surface area contributed by atoms with Gasteiger partial charge in [0.25, 0.3) is 0 Å². The van der Waals surface area contributed by atoms with Gasteiger partial charge in [0.05, 0.1) is 7.11 Å². The summed E-state index contributed by atoms with van der Waals surface area (Å²) in [6, 6.07) is 0. The first kappa shape index (κ1) is 18.5. The summed E-state index contributed by atoms with van der Waals surface area (Å²) in [5, 5.41) is 0. The molecule has 118 valence electrons. The minimum absolute atomic E-state index is 0.0747. The van der Waals surface area contributed by atoms with Gasteiger partial charge in [-0.1, -0.05) is 13.8 Å². The highest BCUT2D eigenvalue weighted by molar-refractivity contribution is 5.61. The molecule has 0 aromatic rings. The van der Waals surface area contributed by atoms with Crippen molar-refractivity contribution in [1.82, 2.24) is 4.90 Å². The molecule has 0 saturated carbocycles. The van der Waals surface area contributed by atoms with E-state index in [0.717, 1.165) is 6.54 Å². The van der Waals surface area contributed by atoms with E-state index in [1.807, 2.05) is 25.8 Å². The molecule has 0 aromatic carbocycles. The third kappa shape index (κ3) is 8.58. The van der Waals surface area contributed by atoms with Crippen LogP contribution in [0.2, 0.25) is 0 Å². The normalized spacial score (nSPS) is 13.5. The standard InChI is InChI=1S/C13H25NO6/c1-6-10(3)19-13(16)18-9-11(8-14(4)7-2)20-12(15)17-5/h10-11H,6-9H2,1-5H3. The molecule has 0 aliphatic rings. The molecule has 0 aromatic heterocycles. The summed E-state index contributed by atoms with van der Waals surface area (Å²) in [6.07, 6.45) is -1.68. The Morgan fingerprint density at radius 1 is 1.15 bits per heavy atom. The number of hydrogen-bond acceptors (Lipinski definition) is 7. The van der Waals surface area contributed by atoms with Crippen molar-refractivity contribution in [3.63, 3.8) is 0 Å². The molecule has 0 radical (unpaired) electrons. The Labute approximate surface area is 120 Å². The van der Waals surface area contributed by atoms with Crippen LogP contribution in [0.4, 0.5) is 9.59 Å². The van der Waals surface area contributed by atoms with E-state index in [1.54, 1.807) is 6.92 Å². The lowest BCUT2D eigenvalue weighted by atomic mass is 10.3. The molecule has 0 aliphatic heterocycles. The largest absolute Gasteiger partial charge is 0.508 e. The summed E-state index contributed by atoms with van der Waals surface area (Å²) in [4.78, 5) is 24.5. The van der Waals surface area contributed by atoms with Crippen LogP contribution in [0.15, 0.2) is 0 Å². The van der Waals surface area contributed by atoms with Crippen molar-refractivity contribution in [3.05, 3.63) is 0 Å². The van der Waals surface area contributed by atoms with Crippen LogP contribution in [0.3, 0.4) is 0 Å². The van der Waals surface area contributed by atoms with Crippen LogP contribution in [0.5, 0.6) is 0 Å². The van der Waals surface area contributed by atoms with E-state index in [2.05, 4.69) is 4.74 Å². The van der Waals surface area contributed by atoms with Gasteiger partial charge in [-0.3, -0.25) is 0 Å². The van der Waals surface area contributed by atoms with Crippen molar-refractivity contribution in [3.8, 4) is 0 Å². The highest BCUT2D eigenvalue weighted by atomic mass is 16.8. The van der Waals surface area contributed by atoms with Crippen molar-refractivity contribution in [2.24, 2.45) is 0 Å². The summed E-state index contributed by atoms with van der Waals surface area (Å²) in [5.74, 6) is 0. The summed E-state index contributed by atoms with van der Waals surface area (Å²) < 4.78 is 19.4. The van der Waals surface area contributed by atoms with E-state index in [-0.39, 0.29) is 12.7 Å². The summed E-state index contributed by atoms with van der Waals surface area (Å²) in [6.45, 7) is 6.77. The van der Waals surface area contributed by atoms with E-state index in [4.69, 9.17) is 14.2 Å². The second-order valence-electron chi connectivity index (χ2n) is 4.45. The van der Waals surface area contributed by atoms with Gasteiger partial charge in [0.1, 0.15) is 12.7 Å². The maximum Gasteiger partial charge on any atom is 0.508 e. The van der Waals surface area contributed by atoms with E-state index in [1.165, 1.54) is 7.11 Å². The molecule has 7 nitrogen and oxygen atoms in total. The fourth-order valence-corrected chi connectivity index (χ4v) is 1.23. The van der Waals surface area contributed by atoms with E-state index < -0.39 is 18.4 Å². The van der Waals surface area contributed by atoms with Crippen molar-refractivity contribution >= 4 is 12.3 Å². The number of nitrogens with zero attached hydrogens (tertiary/aromatic N) is 1. The third-order valence-corrected chi connectivity index (χ3v) is 2.74. The minimum Gasteiger partial charge on any atom is -0.438 e. The molecule has 0 saturated heterocycles. The quantitative estimate of drug-likeness (QED) is 0.633. The maximum atomic E-state index is 11.4. The van der Waals surface area contributed by atoms with Crippen LogP contribution in [0.1, 0.15) is 27.2 Å². The first-order valence-electron chi connectivity index (χ1n) is 6.69. The van der Waals surface area contributed by atoms with Crippen LogP contribution < -0.4 is 0 Å². The molecule has 7 heteroatoms. The van der Waals surface area contributed by atoms with Crippen LogP contribution in [0.25, 0.3) is 0 Å². The summed E-state index contributed by atoms with van der Waals surface area (Å²) in [5.41, 5.74) is 0. The van der Waals surface area contributed by atoms with Gasteiger partial charge >= 0.3 is 12.3 Å². The molecule has 0 fully saturated rings. The van der Waals surface area contributed by atoms with Crippen molar-refractivity contribution in [2.75, 3.05) is 33.9 Å². The summed E-state index contributed by atoms with van der Waals surface area (Å²) >= 11 is 0. The molecule has 0 heterocycles. The Morgan fingerprint density at radius 3 is 2.30 bits per heavy atom. The predicted octanol–water partition coefficient (Wildman–Crippen LogP) is 2.04. The van der Waals surface area contributed by atoms with E-state index in [9.17, 15) is 9.59 Å². The number of hydrogen-bond donors (Lipinski definition) is 0. The lowest BCUT2D eigenvalue weighted by Gasteiger charge is -2.22. The van der Waals surface area contributed by atoms with Gasteiger partial charge < -0.3 is 23.8 Å². The molecular weight excluding hydrogens is 266 g/mol. The summed E-state index contributed by atoms with van der Waals surface area (Å²) in [7, 11) is 3.09. The van der Waals surface area contributed by atoms with E-state index in [0.29, 0.717) is 13.0 Å². The molecule has 0 N–H and O–H groups in total. The molecule has 0 spiro atoms. The molecule has 0 aliphatic carbocycles. The molecular formula is C13H25NO6. The predicted molar refractivity (Wildman–Crippen MR) is 72.6 cm³/mol. The van der Waals surface area contributed by atoms with Gasteiger partial charge in [-0.15, -0.1) is 0 Å². The fraction of sp³-hybridized carbons (Fsp3) is 0.846. The zero-order valence-electron chi connectivity index (χ0n) is 12.9. The second kappa shape index (κ2) is 10.3. The number of likely N-dealkylation sites (N-methyl/N-ethyl adjacent to an activating group) is 1. The van der Waals surface area contributed by atoms with Gasteiger partial charge in [0.2, 0.25) is 0 Å². The van der Waals surface area contributed by atoms with E-state index >= 15 is 0 Å². The Morgan fingerprint density at radius 2 is 1.80 bits per heavy atom. The smallest absolute Gasteiger partial charge is 0.438 e. The number of ether oxygens (including phenoxy) is 4. The van der Waals surface area contributed by atoms with Crippen molar-refractivity contribution < 1.29 is 28.5 Å². The Hall–Kier alpha value is -1.50. The highest BCUT2D eigenvalue weighted by Gasteiger charge is 2.20. The first-order valence-corrected chi connectivity index (χ1v) is 6.69. The molecule has 0 amide bonds. The minimum atomic E-state index is -0.807. The molecule has 0 rings (SSSR count). The van der Waals surface area contributed by atoms with Crippen LogP contribution in [0, 0.1) is 0 Å². The Bertz CT molecular complexity index is 297. The Balaban J connectivity index is 4.26. The van der Waals surface area contributed by atoms with Crippen molar-refractivity contribution in [2.45, 2.75) is 39.4 Å². The lowest BCUT2D eigenvalue weighted by Crippen LogP contribution is -2.36. The fourth-order valence-electron chi connectivity index (χ4n) is 1.23. The van der Waals surface area contributed by atoms with Gasteiger partial charge in [-0.05, 0) is 26.9 Å². The molecule has 0 bridgehead atoms. The number of carbonyl (C=O) groups excluding carboxylic acids is 2. The van der Waals surface area contributed by atoms with Crippen LogP contribution in [-0.4, -0.2) is 63.3 Å². The van der Waals surface area contributed by atoms with Gasteiger partial charge in [0, 0.05) is 6.54 Å². The van der Waals surface area contributed by atoms with Gasteiger partial charge in [0.15, 0.2) is 6.10 Å². The monoisotopic (exact) mass is 291 g/mol. The van der Waals surface area contributed by atoms with Crippen LogP contribution in [-0.2, 0) is 18.9 Å². The molecule has 2 unspecified atom stereocenters. The highest BCUT2D eigenvalue weighted by Crippen LogP contribution is 2.03. The van der Waals surface area contributed by atoms with Crippen molar-refractivity contribution in [1.29, 1.82) is 0 Å². The average Bonchev–Trinajstić information content (AvgIpc) is 2.43.